The van der Waals surface area contributed by atoms with Gasteiger partial charge in [-0.2, -0.15) is 0 Å². The summed E-state index contributed by atoms with van der Waals surface area (Å²) in [7, 11) is 0. The van der Waals surface area contributed by atoms with Gasteiger partial charge in [0.1, 0.15) is 17.5 Å². The van der Waals surface area contributed by atoms with E-state index in [1.807, 2.05) is 6.07 Å². The number of nitrogens with two attached hydrogens (primary N) is 1. The smallest absolute Gasteiger partial charge is 0.262 e. The maximum absolute atomic E-state index is 12.8. The van der Waals surface area contributed by atoms with E-state index < -0.39 is 0 Å². The topological polar surface area (TPSA) is 131 Å². The average molecular weight is 355 g/mol. The predicted octanol–water partition coefficient (Wildman–Crippen LogP) is 0.681. The standard InChI is InChI=1S/C17H21N7O2/c1-11(10-25)21-16-15-12(2-6-24(7-3-18)17(15)26)8-13(23-16)22-14-9-19-4-5-20-14/h2,4-6,8-9,11,25H,3,7,10,18H2,1H3,(H2,20,21,22,23)/t11-/m0/s1. The average Bonchev–Trinajstić information content (AvgIpc) is 2.64. The largest absolute Gasteiger partial charge is 0.394 e. The van der Waals surface area contributed by atoms with Gasteiger partial charge in [0.25, 0.3) is 5.56 Å². The normalized spacial score (nSPS) is 12.1. The molecule has 0 aliphatic heterocycles. The summed E-state index contributed by atoms with van der Waals surface area (Å²) in [5.41, 5.74) is 5.40. The fourth-order valence-corrected chi connectivity index (χ4v) is 2.56. The number of aromatic nitrogens is 4. The zero-order valence-electron chi connectivity index (χ0n) is 14.4. The number of hydrogen-bond acceptors (Lipinski definition) is 8. The molecule has 3 rings (SSSR count). The number of nitrogens with zero attached hydrogens (tertiary/aromatic N) is 4. The van der Waals surface area contributed by atoms with Crippen LogP contribution in [0.4, 0.5) is 17.5 Å². The molecule has 3 aromatic rings. The zero-order valence-corrected chi connectivity index (χ0v) is 14.4. The van der Waals surface area contributed by atoms with Crippen molar-refractivity contribution in [1.29, 1.82) is 0 Å². The third kappa shape index (κ3) is 3.79. The van der Waals surface area contributed by atoms with Crippen molar-refractivity contribution >= 4 is 28.2 Å². The Morgan fingerprint density at radius 1 is 1.35 bits per heavy atom. The van der Waals surface area contributed by atoms with Crippen LogP contribution in [0.3, 0.4) is 0 Å². The van der Waals surface area contributed by atoms with E-state index in [9.17, 15) is 9.90 Å². The molecule has 0 saturated heterocycles. The fourth-order valence-electron chi connectivity index (χ4n) is 2.56. The quantitative estimate of drug-likeness (QED) is 0.487. The lowest BCUT2D eigenvalue weighted by Crippen LogP contribution is -2.26. The summed E-state index contributed by atoms with van der Waals surface area (Å²) >= 11 is 0. The SMILES string of the molecule is C[C@@H](CO)Nc1nc(Nc2cnccn2)cc2ccn(CCN)c(=O)c12. The predicted molar refractivity (Wildman–Crippen MR) is 101 cm³/mol. The summed E-state index contributed by atoms with van der Waals surface area (Å²) in [6.45, 7) is 2.50. The molecular formula is C17H21N7O2. The van der Waals surface area contributed by atoms with Crippen molar-refractivity contribution in [2.75, 3.05) is 23.8 Å². The van der Waals surface area contributed by atoms with E-state index >= 15 is 0 Å². The lowest BCUT2D eigenvalue weighted by molar-refractivity contribution is 0.281. The summed E-state index contributed by atoms with van der Waals surface area (Å²) in [4.78, 5) is 25.5. The lowest BCUT2D eigenvalue weighted by Gasteiger charge is -2.16. The Morgan fingerprint density at radius 2 is 2.19 bits per heavy atom. The Labute approximate surface area is 149 Å². The van der Waals surface area contributed by atoms with Crippen molar-refractivity contribution < 1.29 is 5.11 Å². The van der Waals surface area contributed by atoms with Crippen LogP contribution in [0.5, 0.6) is 0 Å². The molecule has 9 heteroatoms. The van der Waals surface area contributed by atoms with Crippen molar-refractivity contribution in [3.05, 3.63) is 47.3 Å². The van der Waals surface area contributed by atoms with Crippen LogP contribution >= 0.6 is 0 Å². The van der Waals surface area contributed by atoms with Crippen LogP contribution in [-0.4, -0.2) is 43.8 Å². The Bertz CT molecular complexity index is 943. The van der Waals surface area contributed by atoms with Gasteiger partial charge in [-0.1, -0.05) is 0 Å². The van der Waals surface area contributed by atoms with Crippen molar-refractivity contribution in [2.24, 2.45) is 5.73 Å². The minimum Gasteiger partial charge on any atom is -0.394 e. The molecule has 0 unspecified atom stereocenters. The summed E-state index contributed by atoms with van der Waals surface area (Å²) < 4.78 is 1.55. The summed E-state index contributed by atoms with van der Waals surface area (Å²) in [6, 6.07) is 3.34. The van der Waals surface area contributed by atoms with Gasteiger partial charge in [-0.15, -0.1) is 0 Å². The first-order chi connectivity index (χ1) is 12.6. The first-order valence-corrected chi connectivity index (χ1v) is 8.27. The number of aliphatic hydroxyl groups excluding tert-OH is 1. The molecule has 26 heavy (non-hydrogen) atoms. The van der Waals surface area contributed by atoms with E-state index in [1.54, 1.807) is 42.3 Å². The van der Waals surface area contributed by atoms with Crippen molar-refractivity contribution in [3.8, 4) is 0 Å². The molecule has 136 valence electrons. The number of fused-ring (bicyclic) bond motifs is 1. The molecule has 0 aromatic carbocycles. The van der Waals surface area contributed by atoms with Gasteiger partial charge >= 0.3 is 0 Å². The molecule has 0 saturated carbocycles. The molecule has 0 bridgehead atoms. The first kappa shape index (κ1) is 17.8. The summed E-state index contributed by atoms with van der Waals surface area (Å²) in [6.07, 6.45) is 6.44. The van der Waals surface area contributed by atoms with Crippen molar-refractivity contribution in [2.45, 2.75) is 19.5 Å². The molecule has 0 radical (unpaired) electrons. The van der Waals surface area contributed by atoms with Crippen LogP contribution in [0.1, 0.15) is 6.92 Å². The second-order valence-electron chi connectivity index (χ2n) is 5.87. The Morgan fingerprint density at radius 3 is 2.88 bits per heavy atom. The van der Waals surface area contributed by atoms with Gasteiger partial charge in [0.2, 0.25) is 0 Å². The number of nitrogens with one attached hydrogen (secondary N) is 2. The fraction of sp³-hybridized carbons (Fsp3) is 0.294. The minimum atomic E-state index is -0.264. The Balaban J connectivity index is 2.11. The van der Waals surface area contributed by atoms with Crippen LogP contribution in [0.2, 0.25) is 0 Å². The molecule has 3 aromatic heterocycles. The maximum atomic E-state index is 12.8. The Hall–Kier alpha value is -3.04. The number of pyridine rings is 2. The number of rotatable bonds is 7. The van der Waals surface area contributed by atoms with E-state index in [-0.39, 0.29) is 18.2 Å². The molecule has 0 aliphatic rings. The molecule has 9 nitrogen and oxygen atoms in total. The number of anilines is 3. The van der Waals surface area contributed by atoms with Gasteiger partial charge in [-0.3, -0.25) is 9.78 Å². The third-order valence-corrected chi connectivity index (χ3v) is 3.81. The van der Waals surface area contributed by atoms with E-state index in [0.717, 1.165) is 5.39 Å². The van der Waals surface area contributed by atoms with Crippen LogP contribution in [0.15, 0.2) is 41.7 Å². The second-order valence-corrected chi connectivity index (χ2v) is 5.87. The molecule has 3 heterocycles. The Kier molecular flexibility index (Phi) is 5.40. The molecule has 0 fully saturated rings. The minimum absolute atomic E-state index is 0.0885. The van der Waals surface area contributed by atoms with Gasteiger partial charge < -0.3 is 26.0 Å². The molecule has 1 atom stereocenters. The highest BCUT2D eigenvalue weighted by Gasteiger charge is 2.14. The van der Waals surface area contributed by atoms with Gasteiger partial charge in [0.05, 0.1) is 18.2 Å². The van der Waals surface area contributed by atoms with E-state index in [2.05, 4.69) is 25.6 Å². The van der Waals surface area contributed by atoms with Crippen LogP contribution in [0, 0.1) is 0 Å². The van der Waals surface area contributed by atoms with Gasteiger partial charge in [0.15, 0.2) is 0 Å². The molecule has 5 N–H and O–H groups in total. The molecular weight excluding hydrogens is 334 g/mol. The third-order valence-electron chi connectivity index (χ3n) is 3.81. The first-order valence-electron chi connectivity index (χ1n) is 8.27. The van der Waals surface area contributed by atoms with Gasteiger partial charge in [-0.05, 0) is 24.4 Å². The van der Waals surface area contributed by atoms with Crippen molar-refractivity contribution in [1.82, 2.24) is 19.5 Å². The molecule has 0 amide bonds. The van der Waals surface area contributed by atoms with E-state index in [0.29, 0.717) is 35.9 Å². The molecule has 0 aliphatic carbocycles. The van der Waals surface area contributed by atoms with Crippen LogP contribution < -0.4 is 21.9 Å². The number of hydrogen-bond donors (Lipinski definition) is 4. The highest BCUT2D eigenvalue weighted by molar-refractivity contribution is 5.93. The van der Waals surface area contributed by atoms with Crippen LogP contribution in [-0.2, 0) is 6.54 Å². The van der Waals surface area contributed by atoms with Crippen LogP contribution in [0.25, 0.3) is 10.8 Å². The van der Waals surface area contributed by atoms with E-state index in [4.69, 9.17) is 5.73 Å². The highest BCUT2D eigenvalue weighted by atomic mass is 16.3. The van der Waals surface area contributed by atoms with E-state index in [1.165, 1.54) is 0 Å². The summed E-state index contributed by atoms with van der Waals surface area (Å²) in [5.74, 6) is 1.45. The monoisotopic (exact) mass is 355 g/mol. The van der Waals surface area contributed by atoms with Gasteiger partial charge in [-0.25, -0.2) is 9.97 Å². The van der Waals surface area contributed by atoms with Gasteiger partial charge in [0, 0.05) is 37.7 Å². The molecule has 0 spiro atoms. The maximum Gasteiger partial charge on any atom is 0.262 e. The summed E-state index contributed by atoms with van der Waals surface area (Å²) in [5, 5.41) is 16.7. The zero-order chi connectivity index (χ0) is 18.5. The second kappa shape index (κ2) is 7.89. The number of aliphatic hydroxyl groups is 1. The van der Waals surface area contributed by atoms with Crippen molar-refractivity contribution in [3.63, 3.8) is 0 Å². The lowest BCUT2D eigenvalue weighted by atomic mass is 10.2. The highest BCUT2D eigenvalue weighted by Crippen LogP contribution is 2.24.